The van der Waals surface area contributed by atoms with E-state index in [1.54, 1.807) is 20.8 Å². The van der Waals surface area contributed by atoms with E-state index in [0.717, 1.165) is 0 Å². The van der Waals surface area contributed by atoms with Gasteiger partial charge in [0, 0.05) is 24.2 Å². The predicted octanol–water partition coefficient (Wildman–Crippen LogP) is 1.51. The molecule has 2 saturated carbocycles. The Labute approximate surface area is 169 Å². The van der Waals surface area contributed by atoms with Crippen LogP contribution in [0.4, 0.5) is 0 Å². The SMILES string of the molecule is C=C[C@@]1(C)CC(=O)[C@@H]2[C@@]3(C)C=C(OC(C)=O)C(=O)C(C)(C)[C@@H]3C[C@@H](O)[C@@]2(O)C1=O. The van der Waals surface area contributed by atoms with E-state index < -0.39 is 63.1 Å². The Bertz CT molecular complexity index is 868. The number of carbonyl (C=O) groups excluding carboxylic acids is 4. The van der Waals surface area contributed by atoms with Crippen molar-refractivity contribution in [3.05, 3.63) is 24.5 Å². The number of hydrogen-bond donors (Lipinski definition) is 2. The largest absolute Gasteiger partial charge is 0.423 e. The number of carbonyl (C=O) groups is 4. The molecule has 0 aliphatic heterocycles. The fraction of sp³-hybridized carbons (Fsp3) is 0.636. The number of ketones is 3. The van der Waals surface area contributed by atoms with Gasteiger partial charge in [-0.25, -0.2) is 0 Å². The highest BCUT2D eigenvalue weighted by atomic mass is 16.5. The summed E-state index contributed by atoms with van der Waals surface area (Å²) in [5.41, 5.74) is -5.88. The number of allylic oxidation sites excluding steroid dienone is 3. The molecular formula is C22H28O7. The van der Waals surface area contributed by atoms with Crippen LogP contribution in [-0.2, 0) is 23.9 Å². The average Bonchev–Trinajstić information content (AvgIpc) is 2.60. The van der Waals surface area contributed by atoms with Gasteiger partial charge in [0.25, 0.3) is 0 Å². The zero-order chi connectivity index (χ0) is 22.2. The Morgan fingerprint density at radius 1 is 1.24 bits per heavy atom. The molecule has 0 unspecified atom stereocenters. The zero-order valence-electron chi connectivity index (χ0n) is 17.4. The summed E-state index contributed by atoms with van der Waals surface area (Å²) in [5.74, 6) is -4.18. The molecule has 0 aromatic rings. The van der Waals surface area contributed by atoms with Crippen LogP contribution in [0.15, 0.2) is 24.5 Å². The first-order chi connectivity index (χ1) is 13.2. The highest BCUT2D eigenvalue weighted by molar-refractivity contribution is 6.07. The third-order valence-corrected chi connectivity index (χ3v) is 7.35. The molecule has 0 heterocycles. The zero-order valence-corrected chi connectivity index (χ0v) is 17.4. The number of fused-ring (bicyclic) bond motifs is 3. The molecule has 0 radical (unpaired) electrons. The first-order valence-corrected chi connectivity index (χ1v) is 9.74. The summed E-state index contributed by atoms with van der Waals surface area (Å²) in [6.45, 7) is 11.3. The standard InChI is InChI=1S/C22H28O7/c1-7-20(5)9-12(24)16-21(6)10-13(29-11(2)23)17(26)19(3,4)14(21)8-15(25)22(16,28)18(20)27/h7,10,14-16,25,28H,1,8-9H2,2-6H3/t14-,15+,16+,20-,21-,22-/m0/s1. The van der Waals surface area contributed by atoms with Crippen molar-refractivity contribution in [1.82, 2.24) is 0 Å². The fourth-order valence-electron chi connectivity index (χ4n) is 5.88. The van der Waals surface area contributed by atoms with E-state index >= 15 is 0 Å². The highest BCUT2D eigenvalue weighted by Crippen LogP contribution is 2.63. The summed E-state index contributed by atoms with van der Waals surface area (Å²) in [6.07, 6.45) is 0.991. The minimum atomic E-state index is -2.32. The summed E-state index contributed by atoms with van der Waals surface area (Å²) >= 11 is 0. The number of hydrogen-bond acceptors (Lipinski definition) is 7. The summed E-state index contributed by atoms with van der Waals surface area (Å²) in [4.78, 5) is 51.1. The van der Waals surface area contributed by atoms with E-state index in [1.807, 2.05) is 0 Å². The minimum Gasteiger partial charge on any atom is -0.423 e. The van der Waals surface area contributed by atoms with Gasteiger partial charge in [-0.1, -0.05) is 26.8 Å². The molecule has 158 valence electrons. The van der Waals surface area contributed by atoms with Crippen molar-refractivity contribution in [2.24, 2.45) is 28.1 Å². The van der Waals surface area contributed by atoms with Gasteiger partial charge in [0.1, 0.15) is 5.78 Å². The van der Waals surface area contributed by atoms with Crippen LogP contribution < -0.4 is 0 Å². The predicted molar refractivity (Wildman–Crippen MR) is 102 cm³/mol. The Hall–Kier alpha value is -2.12. The van der Waals surface area contributed by atoms with Gasteiger partial charge in [-0.3, -0.25) is 19.2 Å². The van der Waals surface area contributed by atoms with Gasteiger partial charge in [-0.2, -0.15) is 0 Å². The lowest BCUT2D eigenvalue weighted by Gasteiger charge is -2.61. The lowest BCUT2D eigenvalue weighted by molar-refractivity contribution is -0.218. The highest BCUT2D eigenvalue weighted by Gasteiger charge is 2.72. The van der Waals surface area contributed by atoms with E-state index in [2.05, 4.69) is 6.58 Å². The topological polar surface area (TPSA) is 118 Å². The molecule has 3 rings (SSSR count). The van der Waals surface area contributed by atoms with Crippen molar-refractivity contribution >= 4 is 23.3 Å². The van der Waals surface area contributed by atoms with Gasteiger partial charge in [0.05, 0.1) is 17.4 Å². The van der Waals surface area contributed by atoms with Gasteiger partial charge in [0.2, 0.25) is 5.78 Å². The Morgan fingerprint density at radius 3 is 2.34 bits per heavy atom. The van der Waals surface area contributed by atoms with Crippen LogP contribution in [0, 0.1) is 28.1 Å². The third kappa shape index (κ3) is 2.63. The maximum absolute atomic E-state index is 13.3. The van der Waals surface area contributed by atoms with Crippen molar-refractivity contribution in [3.8, 4) is 0 Å². The van der Waals surface area contributed by atoms with Crippen LogP contribution in [0.1, 0.15) is 47.5 Å². The number of Topliss-reactive ketones (excluding diaryl/α,β-unsaturated/α-hetero) is 3. The second kappa shape index (κ2) is 6.19. The van der Waals surface area contributed by atoms with Crippen molar-refractivity contribution in [1.29, 1.82) is 0 Å². The monoisotopic (exact) mass is 404 g/mol. The first-order valence-electron chi connectivity index (χ1n) is 9.74. The average molecular weight is 404 g/mol. The molecule has 3 aliphatic carbocycles. The Kier molecular flexibility index (Phi) is 4.61. The number of aliphatic hydroxyl groups is 2. The molecule has 0 aromatic heterocycles. The number of rotatable bonds is 2. The van der Waals surface area contributed by atoms with Crippen LogP contribution in [-0.4, -0.2) is 45.2 Å². The number of ether oxygens (including phenoxy) is 1. The van der Waals surface area contributed by atoms with Gasteiger partial charge >= 0.3 is 5.97 Å². The second-order valence-electron chi connectivity index (χ2n) is 9.68. The van der Waals surface area contributed by atoms with Gasteiger partial charge in [0.15, 0.2) is 17.1 Å². The van der Waals surface area contributed by atoms with Crippen molar-refractivity contribution in [2.75, 3.05) is 0 Å². The van der Waals surface area contributed by atoms with E-state index in [-0.39, 0.29) is 18.6 Å². The van der Waals surface area contributed by atoms with Gasteiger partial charge in [-0.05, 0) is 25.3 Å². The Morgan fingerprint density at radius 2 is 1.83 bits per heavy atom. The summed E-state index contributed by atoms with van der Waals surface area (Å²) in [5, 5.41) is 22.4. The second-order valence-corrected chi connectivity index (χ2v) is 9.68. The van der Waals surface area contributed by atoms with Crippen LogP contribution in [0.25, 0.3) is 0 Å². The molecule has 0 amide bonds. The van der Waals surface area contributed by atoms with Crippen LogP contribution >= 0.6 is 0 Å². The molecule has 2 fully saturated rings. The van der Waals surface area contributed by atoms with E-state index in [1.165, 1.54) is 26.0 Å². The molecule has 29 heavy (non-hydrogen) atoms. The first kappa shape index (κ1) is 21.6. The normalized spacial score (nSPS) is 43.8. The molecule has 7 heteroatoms. The van der Waals surface area contributed by atoms with Crippen molar-refractivity contribution < 1.29 is 34.1 Å². The lowest BCUT2D eigenvalue weighted by atomic mass is 9.42. The van der Waals surface area contributed by atoms with Crippen LogP contribution in [0.2, 0.25) is 0 Å². The molecule has 0 spiro atoms. The van der Waals surface area contributed by atoms with Crippen LogP contribution in [0.3, 0.4) is 0 Å². The maximum Gasteiger partial charge on any atom is 0.308 e. The van der Waals surface area contributed by atoms with Crippen LogP contribution in [0.5, 0.6) is 0 Å². The van der Waals surface area contributed by atoms with Crippen molar-refractivity contribution in [2.45, 2.75) is 59.2 Å². The van der Waals surface area contributed by atoms with Crippen molar-refractivity contribution in [3.63, 3.8) is 0 Å². The van der Waals surface area contributed by atoms with E-state index in [9.17, 15) is 29.4 Å². The molecule has 6 atom stereocenters. The summed E-state index contributed by atoms with van der Waals surface area (Å²) < 4.78 is 5.13. The number of esters is 1. The van der Waals surface area contributed by atoms with E-state index in [4.69, 9.17) is 4.74 Å². The van der Waals surface area contributed by atoms with Gasteiger partial charge in [-0.15, -0.1) is 6.58 Å². The molecule has 2 N–H and O–H groups in total. The quantitative estimate of drug-likeness (QED) is 0.529. The summed E-state index contributed by atoms with van der Waals surface area (Å²) in [7, 11) is 0. The molecule has 0 saturated heterocycles. The smallest absolute Gasteiger partial charge is 0.308 e. The Balaban J connectivity index is 2.27. The molecule has 7 nitrogen and oxygen atoms in total. The molecule has 3 aliphatic rings. The maximum atomic E-state index is 13.3. The third-order valence-electron chi connectivity index (χ3n) is 7.35. The number of aliphatic hydroxyl groups excluding tert-OH is 1. The summed E-state index contributed by atoms with van der Waals surface area (Å²) in [6, 6.07) is 0. The fourth-order valence-corrected chi connectivity index (χ4v) is 5.88. The molecule has 0 aromatic carbocycles. The molecular weight excluding hydrogens is 376 g/mol. The molecule has 0 bridgehead atoms. The minimum absolute atomic E-state index is 0.0572. The van der Waals surface area contributed by atoms with Gasteiger partial charge < -0.3 is 14.9 Å². The van der Waals surface area contributed by atoms with E-state index in [0.29, 0.717) is 0 Å². The lowest BCUT2D eigenvalue weighted by Crippen LogP contribution is -2.74.